The molecular weight excluding hydrogens is 280 g/mol. The van der Waals surface area contributed by atoms with Crippen molar-refractivity contribution in [3.8, 4) is 0 Å². The minimum Gasteiger partial charge on any atom is -0.303 e. The summed E-state index contributed by atoms with van der Waals surface area (Å²) < 4.78 is 23.8. The highest BCUT2D eigenvalue weighted by molar-refractivity contribution is 9.14. The van der Waals surface area contributed by atoms with Crippen molar-refractivity contribution in [3.63, 3.8) is 0 Å². The molecule has 2 heterocycles. The van der Waals surface area contributed by atoms with Gasteiger partial charge in [0.25, 0.3) is 0 Å². The van der Waals surface area contributed by atoms with Gasteiger partial charge in [0.2, 0.25) is 9.84 Å². The Morgan fingerprint density at radius 3 is 2.87 bits per heavy atom. The molecule has 0 aromatic rings. The first-order valence-electron chi connectivity index (χ1n) is 4.96. The molecule has 2 rings (SSSR count). The molecule has 1 unspecified atom stereocenters. The van der Waals surface area contributed by atoms with Crippen LogP contribution in [0.3, 0.4) is 0 Å². The van der Waals surface area contributed by atoms with Crippen molar-refractivity contribution < 1.29 is 8.42 Å². The number of nitrogens with zero attached hydrogens (tertiary/aromatic N) is 2. The molecule has 0 bridgehead atoms. The fourth-order valence-corrected chi connectivity index (χ4v) is 3.81. The standard InChI is InChI=1S/C9H13BrN2O2S/c1-2-12-4-3-7(6-12)9-11-5-8(10)15(9,13)14/h5,7H,2-4,6H2,1H3. The maximum atomic E-state index is 11.8. The second-order valence-electron chi connectivity index (χ2n) is 3.78. The Morgan fingerprint density at radius 2 is 2.40 bits per heavy atom. The number of rotatable bonds is 2. The van der Waals surface area contributed by atoms with E-state index in [1.165, 1.54) is 6.20 Å². The molecule has 1 saturated heterocycles. The number of halogens is 1. The van der Waals surface area contributed by atoms with Crippen LogP contribution in [0.1, 0.15) is 13.3 Å². The summed E-state index contributed by atoms with van der Waals surface area (Å²) in [5.41, 5.74) is 0. The highest BCUT2D eigenvalue weighted by Gasteiger charge is 2.37. The first kappa shape index (κ1) is 11.3. The van der Waals surface area contributed by atoms with E-state index >= 15 is 0 Å². The summed E-state index contributed by atoms with van der Waals surface area (Å²) in [6, 6.07) is 0. The molecule has 4 nitrogen and oxygen atoms in total. The minimum absolute atomic E-state index is 0.0706. The van der Waals surface area contributed by atoms with Crippen molar-refractivity contribution in [2.75, 3.05) is 19.6 Å². The van der Waals surface area contributed by atoms with Crippen LogP contribution >= 0.6 is 15.9 Å². The van der Waals surface area contributed by atoms with E-state index in [1.54, 1.807) is 0 Å². The molecule has 84 valence electrons. The first-order chi connectivity index (χ1) is 7.05. The van der Waals surface area contributed by atoms with Gasteiger partial charge in [-0.05, 0) is 35.4 Å². The SMILES string of the molecule is CCN1CCC(C2=NC=C(Br)S2(=O)=O)C1. The van der Waals surface area contributed by atoms with Crippen LogP contribution in [-0.4, -0.2) is 38.0 Å². The quantitative estimate of drug-likeness (QED) is 0.772. The molecule has 0 radical (unpaired) electrons. The molecule has 1 atom stereocenters. The zero-order valence-corrected chi connectivity index (χ0v) is 10.9. The smallest absolute Gasteiger partial charge is 0.228 e. The van der Waals surface area contributed by atoms with E-state index in [-0.39, 0.29) is 9.73 Å². The summed E-state index contributed by atoms with van der Waals surface area (Å²) in [5.74, 6) is 0.0706. The Morgan fingerprint density at radius 1 is 1.67 bits per heavy atom. The molecule has 15 heavy (non-hydrogen) atoms. The third kappa shape index (κ3) is 1.90. The van der Waals surface area contributed by atoms with Gasteiger partial charge in [-0.3, -0.25) is 0 Å². The summed E-state index contributed by atoms with van der Waals surface area (Å²) in [7, 11) is -3.28. The Balaban J connectivity index is 2.16. The fourth-order valence-electron chi connectivity index (χ4n) is 2.00. The monoisotopic (exact) mass is 292 g/mol. The maximum absolute atomic E-state index is 11.8. The van der Waals surface area contributed by atoms with Crippen molar-refractivity contribution in [2.24, 2.45) is 10.9 Å². The topological polar surface area (TPSA) is 49.7 Å². The van der Waals surface area contributed by atoms with E-state index in [4.69, 9.17) is 0 Å². The summed E-state index contributed by atoms with van der Waals surface area (Å²) in [6.45, 7) is 4.83. The summed E-state index contributed by atoms with van der Waals surface area (Å²) in [5, 5.41) is 0.338. The molecule has 0 aliphatic carbocycles. The second kappa shape index (κ2) is 3.99. The van der Waals surface area contributed by atoms with Crippen LogP contribution in [0.15, 0.2) is 15.0 Å². The van der Waals surface area contributed by atoms with Gasteiger partial charge in [-0.1, -0.05) is 6.92 Å². The van der Waals surface area contributed by atoms with Gasteiger partial charge >= 0.3 is 0 Å². The van der Waals surface area contributed by atoms with Crippen LogP contribution in [0.5, 0.6) is 0 Å². The van der Waals surface area contributed by atoms with E-state index in [0.717, 1.165) is 26.1 Å². The number of likely N-dealkylation sites (tertiary alicyclic amines) is 1. The lowest BCUT2D eigenvalue weighted by atomic mass is 10.1. The van der Waals surface area contributed by atoms with E-state index in [0.29, 0.717) is 5.04 Å². The molecule has 6 heteroatoms. The fraction of sp³-hybridized carbons (Fsp3) is 0.667. The molecule has 0 aromatic carbocycles. The summed E-state index contributed by atoms with van der Waals surface area (Å²) >= 11 is 3.02. The number of aliphatic imine (C=N–C) groups is 1. The molecular formula is C9H13BrN2O2S. The Hall–Kier alpha value is -0.200. The van der Waals surface area contributed by atoms with E-state index < -0.39 is 9.84 Å². The lowest BCUT2D eigenvalue weighted by molar-refractivity contribution is 0.353. The van der Waals surface area contributed by atoms with Crippen molar-refractivity contribution in [1.82, 2.24) is 4.90 Å². The molecule has 0 aromatic heterocycles. The number of sulfone groups is 1. The van der Waals surface area contributed by atoms with Gasteiger partial charge in [0.15, 0.2) is 0 Å². The van der Waals surface area contributed by atoms with Crippen LogP contribution in [0, 0.1) is 5.92 Å². The van der Waals surface area contributed by atoms with Crippen LogP contribution in [0.2, 0.25) is 0 Å². The lowest BCUT2D eigenvalue weighted by Crippen LogP contribution is -2.26. The Kier molecular flexibility index (Phi) is 3.00. The molecule has 0 saturated carbocycles. The Labute approximate surface area is 98.1 Å². The molecule has 0 amide bonds. The van der Waals surface area contributed by atoms with E-state index in [9.17, 15) is 8.42 Å². The largest absolute Gasteiger partial charge is 0.303 e. The average Bonchev–Trinajstić information content (AvgIpc) is 2.74. The lowest BCUT2D eigenvalue weighted by Gasteiger charge is -2.12. The number of hydrogen-bond donors (Lipinski definition) is 0. The van der Waals surface area contributed by atoms with Crippen molar-refractivity contribution in [2.45, 2.75) is 13.3 Å². The molecule has 0 spiro atoms. The van der Waals surface area contributed by atoms with Crippen molar-refractivity contribution in [1.29, 1.82) is 0 Å². The van der Waals surface area contributed by atoms with Gasteiger partial charge in [-0.15, -0.1) is 0 Å². The van der Waals surface area contributed by atoms with Crippen LogP contribution in [0.25, 0.3) is 0 Å². The second-order valence-corrected chi connectivity index (χ2v) is 7.03. The first-order valence-corrected chi connectivity index (χ1v) is 7.24. The van der Waals surface area contributed by atoms with Gasteiger partial charge in [-0.25, -0.2) is 13.4 Å². The highest BCUT2D eigenvalue weighted by Crippen LogP contribution is 2.30. The van der Waals surface area contributed by atoms with Crippen LogP contribution < -0.4 is 0 Å². The van der Waals surface area contributed by atoms with Crippen molar-refractivity contribution >= 4 is 30.8 Å². The third-order valence-electron chi connectivity index (χ3n) is 2.89. The van der Waals surface area contributed by atoms with Gasteiger partial charge in [0.1, 0.15) is 8.86 Å². The van der Waals surface area contributed by atoms with Crippen molar-refractivity contribution in [3.05, 3.63) is 10.0 Å². The highest BCUT2D eigenvalue weighted by atomic mass is 79.9. The zero-order chi connectivity index (χ0) is 11.1. The number of hydrogen-bond acceptors (Lipinski definition) is 4. The normalized spacial score (nSPS) is 30.4. The zero-order valence-electron chi connectivity index (χ0n) is 8.48. The van der Waals surface area contributed by atoms with E-state index in [1.807, 2.05) is 0 Å². The van der Waals surface area contributed by atoms with Crippen LogP contribution in [0.4, 0.5) is 0 Å². The predicted molar refractivity (Wildman–Crippen MR) is 63.6 cm³/mol. The van der Waals surface area contributed by atoms with E-state index in [2.05, 4.69) is 32.7 Å². The molecule has 2 aliphatic rings. The molecule has 2 aliphatic heterocycles. The third-order valence-corrected chi connectivity index (χ3v) is 5.99. The van der Waals surface area contributed by atoms with Gasteiger partial charge < -0.3 is 4.90 Å². The maximum Gasteiger partial charge on any atom is 0.228 e. The average molecular weight is 293 g/mol. The Bertz CT molecular complexity index is 427. The predicted octanol–water partition coefficient (Wildman–Crippen LogP) is 1.35. The van der Waals surface area contributed by atoms with Gasteiger partial charge in [-0.2, -0.15) is 0 Å². The minimum atomic E-state index is -3.28. The summed E-state index contributed by atoms with van der Waals surface area (Å²) in [6.07, 6.45) is 2.28. The van der Waals surface area contributed by atoms with Crippen LogP contribution in [-0.2, 0) is 9.84 Å². The summed E-state index contributed by atoms with van der Waals surface area (Å²) in [4.78, 5) is 6.26. The molecule has 0 N–H and O–H groups in total. The molecule has 1 fully saturated rings. The van der Waals surface area contributed by atoms with Gasteiger partial charge in [0.05, 0.1) is 6.20 Å². The van der Waals surface area contributed by atoms with Gasteiger partial charge in [0, 0.05) is 12.5 Å².